The summed E-state index contributed by atoms with van der Waals surface area (Å²) in [5.74, 6) is 0.579. The minimum atomic E-state index is -2.46. The van der Waals surface area contributed by atoms with Crippen LogP contribution in [-0.2, 0) is 28.6 Å². The summed E-state index contributed by atoms with van der Waals surface area (Å²) in [4.78, 5) is 45.0. The van der Waals surface area contributed by atoms with E-state index in [9.17, 15) is 14.4 Å². The number of benzene rings is 4. The molecule has 1 aliphatic rings. The number of ether oxygens (including phenoxy) is 3. The van der Waals surface area contributed by atoms with Crippen LogP contribution < -0.4 is 15.0 Å². The van der Waals surface area contributed by atoms with Gasteiger partial charge in [-0.3, -0.25) is 4.79 Å². The Bertz CT molecular complexity index is 2200. The zero-order chi connectivity index (χ0) is 39.5. The van der Waals surface area contributed by atoms with E-state index in [0.717, 1.165) is 27.6 Å². The Labute approximate surface area is 324 Å². The number of esters is 1. The van der Waals surface area contributed by atoms with Gasteiger partial charge >= 0.3 is 12.1 Å². The minimum absolute atomic E-state index is 0.140. The first kappa shape index (κ1) is 39.5. The molecule has 288 valence electrons. The summed E-state index contributed by atoms with van der Waals surface area (Å²) < 4.78 is 25.2. The van der Waals surface area contributed by atoms with Crippen molar-refractivity contribution in [2.75, 3.05) is 6.54 Å². The number of aromatic nitrogens is 1. The number of pyridine rings is 1. The molecule has 0 fully saturated rings. The average Bonchev–Trinajstić information content (AvgIpc) is 3.55. The summed E-state index contributed by atoms with van der Waals surface area (Å²) in [5.41, 5.74) is 3.89. The predicted molar refractivity (Wildman–Crippen MR) is 218 cm³/mol. The van der Waals surface area contributed by atoms with Crippen molar-refractivity contribution in [1.29, 1.82) is 0 Å². The van der Waals surface area contributed by atoms with Crippen LogP contribution in [0.5, 0.6) is 11.5 Å². The number of hydrogen-bond donors (Lipinski definition) is 1. The lowest BCUT2D eigenvalue weighted by atomic mass is 10.0. The van der Waals surface area contributed by atoms with E-state index < -0.39 is 32.1 Å². The maximum Gasteiger partial charge on any atom is 0.410 e. The lowest BCUT2D eigenvalue weighted by molar-refractivity contribution is 0.00601. The van der Waals surface area contributed by atoms with E-state index in [1.54, 1.807) is 29.2 Å². The van der Waals surface area contributed by atoms with Crippen molar-refractivity contribution in [2.24, 2.45) is 0 Å². The van der Waals surface area contributed by atoms with Crippen LogP contribution in [0.3, 0.4) is 0 Å². The van der Waals surface area contributed by atoms with Gasteiger partial charge < -0.3 is 28.5 Å². The van der Waals surface area contributed by atoms with E-state index in [2.05, 4.69) is 38.8 Å². The van der Waals surface area contributed by atoms with Crippen molar-refractivity contribution in [3.05, 3.63) is 141 Å². The van der Waals surface area contributed by atoms with Crippen LogP contribution in [0.25, 0.3) is 10.9 Å². The molecule has 6 rings (SSSR count). The second kappa shape index (κ2) is 15.9. The average molecular weight is 761 g/mol. The number of para-hydroxylation sites is 1. The highest BCUT2D eigenvalue weighted by Gasteiger charge is 2.42. The number of carbonyl (C=O) groups is 2. The maximum atomic E-state index is 14.3. The van der Waals surface area contributed by atoms with E-state index in [4.69, 9.17) is 18.6 Å². The fourth-order valence-corrected chi connectivity index (χ4v) is 7.85. The maximum absolute atomic E-state index is 14.3. The predicted octanol–water partition coefficient (Wildman–Crippen LogP) is 9.79. The number of nitrogens with one attached hydrogen (secondary N) is 1. The van der Waals surface area contributed by atoms with Gasteiger partial charge in [-0.2, -0.15) is 0 Å². The molecule has 0 saturated carbocycles. The number of fused-ring (bicyclic) bond motifs is 2. The van der Waals surface area contributed by atoms with Gasteiger partial charge in [-0.25, -0.2) is 9.59 Å². The molecule has 2 atom stereocenters. The number of aromatic amines is 1. The van der Waals surface area contributed by atoms with Crippen molar-refractivity contribution < 1.29 is 28.2 Å². The Morgan fingerprint density at radius 1 is 0.836 bits per heavy atom. The summed E-state index contributed by atoms with van der Waals surface area (Å²) in [6, 6.07) is 31.4. The Morgan fingerprint density at radius 3 is 2.18 bits per heavy atom. The van der Waals surface area contributed by atoms with Crippen molar-refractivity contribution >= 4 is 31.3 Å². The van der Waals surface area contributed by atoms with Crippen LogP contribution in [-0.4, -0.2) is 48.5 Å². The van der Waals surface area contributed by atoms with Crippen LogP contribution in [0, 0.1) is 0 Å². The molecule has 1 N–H and O–H groups in total. The molecule has 0 spiro atoms. The standard InChI is InChI=1S/C45H52N2O7Si/c1-44(2,3)53-43(50)47(34-26-31-19-20-32(25-33(31)27-34)42(49)52-35-17-13-10-14-18-35)28-39(54-55(7,8)45(4,5)6)36-21-23-38(41-37(36)22-24-40(48)46-41)51-29-30-15-11-9-12-16-30/h9-25,34,39H,26-29H2,1-8H3,(H,46,48)/t34?,39-/m0/s1. The van der Waals surface area contributed by atoms with Crippen molar-refractivity contribution in [1.82, 2.24) is 9.88 Å². The number of rotatable bonds is 11. The largest absolute Gasteiger partial charge is 0.487 e. The van der Waals surface area contributed by atoms with E-state index >= 15 is 0 Å². The van der Waals surface area contributed by atoms with Crippen molar-refractivity contribution in [3.8, 4) is 11.5 Å². The summed E-state index contributed by atoms with van der Waals surface area (Å²) in [5, 5.41) is 0.633. The first-order chi connectivity index (χ1) is 26.0. The number of hydrogen-bond acceptors (Lipinski definition) is 7. The Balaban J connectivity index is 1.37. The molecule has 0 aliphatic heterocycles. The topological polar surface area (TPSA) is 107 Å². The zero-order valence-electron chi connectivity index (χ0n) is 33.1. The summed E-state index contributed by atoms with van der Waals surface area (Å²) in [6.45, 7) is 17.1. The zero-order valence-corrected chi connectivity index (χ0v) is 34.1. The monoisotopic (exact) mass is 760 g/mol. The minimum Gasteiger partial charge on any atom is -0.487 e. The highest BCUT2D eigenvalue weighted by atomic mass is 28.4. The van der Waals surface area contributed by atoms with Gasteiger partial charge in [0.2, 0.25) is 5.56 Å². The van der Waals surface area contributed by atoms with Crippen LogP contribution in [0.2, 0.25) is 18.1 Å². The van der Waals surface area contributed by atoms with Gasteiger partial charge in [-0.15, -0.1) is 0 Å². The first-order valence-corrected chi connectivity index (χ1v) is 21.8. The SMILES string of the molecule is CC(C)(C)OC(=O)N(C[C@H](O[Si](C)(C)C(C)(C)C)c1ccc(OCc2ccccc2)c2[nH]c(=O)ccc12)C1Cc2ccc(C(=O)Oc3ccccc3)cc2C1. The fourth-order valence-electron chi connectivity index (χ4n) is 6.58. The molecular formula is C45H52N2O7Si. The number of H-pyrrole nitrogens is 1. The molecule has 1 amide bonds. The Hall–Kier alpha value is -5.19. The second-order valence-electron chi connectivity index (χ2n) is 16.8. The van der Waals surface area contributed by atoms with Gasteiger partial charge in [0, 0.05) is 17.5 Å². The molecule has 5 aromatic rings. The van der Waals surface area contributed by atoms with Crippen molar-refractivity contribution in [3.63, 3.8) is 0 Å². The van der Waals surface area contributed by atoms with E-state index in [0.29, 0.717) is 42.0 Å². The third kappa shape index (κ3) is 9.55. The molecule has 0 bridgehead atoms. The third-order valence-electron chi connectivity index (χ3n) is 10.5. The molecule has 55 heavy (non-hydrogen) atoms. The lowest BCUT2D eigenvalue weighted by Crippen LogP contribution is -2.49. The molecule has 1 aromatic heterocycles. The second-order valence-corrected chi connectivity index (χ2v) is 21.5. The molecule has 1 unspecified atom stereocenters. The van der Waals surface area contributed by atoms with Gasteiger partial charge in [0.1, 0.15) is 23.7 Å². The number of carbonyl (C=O) groups excluding carboxylic acids is 2. The van der Waals surface area contributed by atoms with Gasteiger partial charge in [-0.05, 0) is 110 Å². The number of nitrogens with zero attached hydrogens (tertiary/aromatic N) is 1. The van der Waals surface area contributed by atoms with Gasteiger partial charge in [-0.1, -0.05) is 81.4 Å². The smallest absolute Gasteiger partial charge is 0.410 e. The third-order valence-corrected chi connectivity index (χ3v) is 14.9. The number of amides is 1. The van der Waals surface area contributed by atoms with E-state index in [-0.39, 0.29) is 23.2 Å². The van der Waals surface area contributed by atoms with E-state index in [1.165, 1.54) is 6.07 Å². The van der Waals surface area contributed by atoms with Gasteiger partial charge in [0.05, 0.1) is 23.7 Å². The summed E-state index contributed by atoms with van der Waals surface area (Å²) >= 11 is 0. The molecule has 0 radical (unpaired) electrons. The van der Waals surface area contributed by atoms with E-state index in [1.807, 2.05) is 93.6 Å². The Morgan fingerprint density at radius 2 is 1.51 bits per heavy atom. The lowest BCUT2D eigenvalue weighted by Gasteiger charge is -2.42. The molecular weight excluding hydrogens is 709 g/mol. The Kier molecular flexibility index (Phi) is 11.4. The summed E-state index contributed by atoms with van der Waals surface area (Å²) in [6.07, 6.45) is 0.0765. The molecule has 1 aliphatic carbocycles. The molecule has 0 saturated heterocycles. The molecule has 9 nitrogen and oxygen atoms in total. The van der Waals surface area contributed by atoms with Crippen molar-refractivity contribution in [2.45, 2.75) is 96.9 Å². The molecule has 10 heteroatoms. The van der Waals surface area contributed by atoms with Crippen LogP contribution in [0.4, 0.5) is 4.79 Å². The van der Waals surface area contributed by atoms with Crippen LogP contribution in [0.1, 0.15) is 80.3 Å². The van der Waals surface area contributed by atoms with Gasteiger partial charge in [0.15, 0.2) is 8.32 Å². The molecule has 4 aromatic carbocycles. The van der Waals surface area contributed by atoms with Gasteiger partial charge in [0.25, 0.3) is 0 Å². The van der Waals surface area contributed by atoms with Crippen LogP contribution in [0.15, 0.2) is 108 Å². The quantitative estimate of drug-likeness (QED) is 0.0812. The normalized spacial score (nSPS) is 14.9. The highest BCUT2D eigenvalue weighted by Crippen LogP contribution is 2.42. The molecule has 1 heterocycles. The van der Waals surface area contributed by atoms with Crippen LogP contribution >= 0.6 is 0 Å². The fraction of sp³-hybridized carbons (Fsp3) is 0.356. The first-order valence-electron chi connectivity index (χ1n) is 18.9. The summed E-state index contributed by atoms with van der Waals surface area (Å²) in [7, 11) is -2.46. The highest BCUT2D eigenvalue weighted by molar-refractivity contribution is 6.74.